The molecule has 0 spiro atoms. The van der Waals surface area contributed by atoms with Crippen molar-refractivity contribution in [3.8, 4) is 0 Å². The number of hydrogen-bond acceptors (Lipinski definition) is 7. The minimum absolute atomic E-state index is 0.00678. The molecule has 3 heterocycles. The van der Waals surface area contributed by atoms with Gasteiger partial charge in [-0.05, 0) is 23.6 Å². The highest BCUT2D eigenvalue weighted by Crippen LogP contribution is 2.33. The van der Waals surface area contributed by atoms with E-state index in [1.54, 1.807) is 48.7 Å². The number of benzene rings is 1. The molecule has 3 atom stereocenters. The second-order valence-electron chi connectivity index (χ2n) is 9.43. The number of amides is 4. The van der Waals surface area contributed by atoms with Crippen LogP contribution in [0.5, 0.6) is 0 Å². The normalized spacial score (nSPS) is 19.9. The molecule has 2 aromatic rings. The Kier molecular flexibility index (Phi) is 8.59. The van der Waals surface area contributed by atoms with Crippen molar-refractivity contribution in [1.29, 1.82) is 0 Å². The van der Waals surface area contributed by atoms with E-state index in [9.17, 15) is 33.1 Å². The quantitative estimate of drug-likeness (QED) is 0.357. The number of hydrogen-bond donors (Lipinski definition) is 4. The number of likely N-dealkylation sites (tertiary alicyclic amines) is 1. The number of rotatable bonds is 9. The van der Waals surface area contributed by atoms with Gasteiger partial charge in [-0.25, -0.2) is 14.2 Å². The summed E-state index contributed by atoms with van der Waals surface area (Å²) in [6.07, 6.45) is 0.280. The Morgan fingerprint density at radius 3 is 2.54 bits per heavy atom. The third kappa shape index (κ3) is 7.19. The SMILES string of the molecule is O=C1CCC(C(=O)N[C@@H](Cc2ccccc2)[C@H](O)C(=O)N2CC(F)(F)C[C@H]2C(=O)NCc2cccnc2)=NN1. The van der Waals surface area contributed by atoms with Crippen LogP contribution in [0.2, 0.25) is 0 Å². The molecule has 0 unspecified atom stereocenters. The number of halogens is 2. The minimum Gasteiger partial charge on any atom is -0.381 e. The number of aliphatic hydroxyl groups is 1. The standard InChI is InChI=1S/C26H28F2N6O5/c27-26(28)12-20(24(38)30-14-17-7-4-10-29-13-17)34(15-26)25(39)22(36)19(11-16-5-2-1-3-6-16)31-23(37)18-8-9-21(35)33-32-18/h1-7,10,13,19-20,22,36H,8-9,11-12,14-15H2,(H,30,38)(H,31,37)(H,33,35)/t19-,20-,22-/m0/s1. The van der Waals surface area contributed by atoms with E-state index in [0.29, 0.717) is 16.0 Å². The smallest absolute Gasteiger partial charge is 0.267 e. The molecular weight excluding hydrogens is 514 g/mol. The lowest BCUT2D eigenvalue weighted by molar-refractivity contribution is -0.147. The van der Waals surface area contributed by atoms with Gasteiger partial charge in [-0.1, -0.05) is 36.4 Å². The molecule has 0 bridgehead atoms. The molecule has 13 heteroatoms. The number of carbonyl (C=O) groups is 4. The van der Waals surface area contributed by atoms with Crippen LogP contribution in [0, 0.1) is 0 Å². The van der Waals surface area contributed by atoms with Crippen LogP contribution < -0.4 is 16.1 Å². The average molecular weight is 543 g/mol. The molecule has 4 rings (SSSR count). The van der Waals surface area contributed by atoms with Gasteiger partial charge in [-0.15, -0.1) is 0 Å². The van der Waals surface area contributed by atoms with Gasteiger partial charge in [0.2, 0.25) is 11.8 Å². The van der Waals surface area contributed by atoms with Crippen molar-refractivity contribution < 1.29 is 33.1 Å². The number of aliphatic hydroxyl groups excluding tert-OH is 1. The van der Waals surface area contributed by atoms with Gasteiger partial charge in [-0.2, -0.15) is 5.10 Å². The van der Waals surface area contributed by atoms with E-state index in [1.807, 2.05) is 0 Å². The lowest BCUT2D eigenvalue weighted by Gasteiger charge is -2.30. The van der Waals surface area contributed by atoms with Crippen LogP contribution in [-0.2, 0) is 32.1 Å². The number of hydrazone groups is 1. The lowest BCUT2D eigenvalue weighted by Crippen LogP contribution is -2.56. The maximum absolute atomic E-state index is 14.4. The predicted octanol–water partition coefficient (Wildman–Crippen LogP) is 0.288. The maximum Gasteiger partial charge on any atom is 0.267 e. The fraction of sp³-hybridized carbons (Fsp3) is 0.385. The first-order valence-corrected chi connectivity index (χ1v) is 12.4. The van der Waals surface area contributed by atoms with Gasteiger partial charge in [0, 0.05) is 38.2 Å². The largest absolute Gasteiger partial charge is 0.381 e. The summed E-state index contributed by atoms with van der Waals surface area (Å²) < 4.78 is 28.9. The molecule has 0 radical (unpaired) electrons. The second-order valence-corrected chi connectivity index (χ2v) is 9.43. The zero-order chi connectivity index (χ0) is 28.0. The summed E-state index contributed by atoms with van der Waals surface area (Å²) in [4.78, 5) is 55.0. The topological polar surface area (TPSA) is 153 Å². The van der Waals surface area contributed by atoms with E-state index in [-0.39, 0.29) is 37.4 Å². The maximum atomic E-state index is 14.4. The Hall–Kier alpha value is -4.26. The fourth-order valence-electron chi connectivity index (χ4n) is 4.43. The Labute approximate surface area is 222 Å². The Bertz CT molecular complexity index is 1240. The van der Waals surface area contributed by atoms with Crippen LogP contribution in [0.15, 0.2) is 60.0 Å². The average Bonchev–Trinajstić information content (AvgIpc) is 3.27. The summed E-state index contributed by atoms with van der Waals surface area (Å²) in [5.41, 5.74) is 3.49. The van der Waals surface area contributed by atoms with Gasteiger partial charge >= 0.3 is 0 Å². The summed E-state index contributed by atoms with van der Waals surface area (Å²) in [5.74, 6) is -6.34. The number of nitrogens with one attached hydrogen (secondary N) is 3. The molecule has 4 N–H and O–H groups in total. The summed E-state index contributed by atoms with van der Waals surface area (Å²) in [6, 6.07) is 9.25. The number of pyridine rings is 1. The molecule has 1 aromatic carbocycles. The van der Waals surface area contributed by atoms with Crippen molar-refractivity contribution in [2.75, 3.05) is 6.54 Å². The first-order chi connectivity index (χ1) is 18.6. The highest BCUT2D eigenvalue weighted by molar-refractivity contribution is 6.39. The molecule has 0 saturated carbocycles. The van der Waals surface area contributed by atoms with Crippen LogP contribution in [0.4, 0.5) is 8.78 Å². The minimum atomic E-state index is -3.35. The molecule has 1 fully saturated rings. The van der Waals surface area contributed by atoms with Gasteiger partial charge in [-0.3, -0.25) is 24.2 Å². The van der Waals surface area contributed by atoms with Crippen molar-refractivity contribution in [2.24, 2.45) is 5.10 Å². The van der Waals surface area contributed by atoms with E-state index < -0.39 is 54.8 Å². The zero-order valence-corrected chi connectivity index (χ0v) is 20.8. The molecule has 2 aliphatic rings. The molecule has 0 aliphatic carbocycles. The van der Waals surface area contributed by atoms with Gasteiger partial charge in [0.15, 0.2) is 6.10 Å². The number of alkyl halides is 2. The van der Waals surface area contributed by atoms with Crippen LogP contribution in [0.25, 0.3) is 0 Å². The summed E-state index contributed by atoms with van der Waals surface area (Å²) in [6.45, 7) is -1.04. The van der Waals surface area contributed by atoms with Gasteiger partial charge in [0.1, 0.15) is 11.8 Å². The summed E-state index contributed by atoms with van der Waals surface area (Å²) in [7, 11) is 0. The summed E-state index contributed by atoms with van der Waals surface area (Å²) >= 11 is 0. The van der Waals surface area contributed by atoms with Gasteiger partial charge < -0.3 is 20.6 Å². The Morgan fingerprint density at radius 1 is 1.13 bits per heavy atom. The van der Waals surface area contributed by atoms with Crippen LogP contribution in [0.1, 0.15) is 30.4 Å². The highest BCUT2D eigenvalue weighted by Gasteiger charge is 2.51. The second kappa shape index (κ2) is 12.1. The van der Waals surface area contributed by atoms with Crippen molar-refractivity contribution in [3.05, 3.63) is 66.0 Å². The van der Waals surface area contributed by atoms with Crippen molar-refractivity contribution >= 4 is 29.3 Å². The predicted molar refractivity (Wildman–Crippen MR) is 134 cm³/mol. The first kappa shape index (κ1) is 27.8. The van der Waals surface area contributed by atoms with Crippen molar-refractivity contribution in [2.45, 2.75) is 56.3 Å². The lowest BCUT2D eigenvalue weighted by atomic mass is 9.99. The van der Waals surface area contributed by atoms with Crippen LogP contribution in [-0.4, -0.2) is 75.0 Å². The van der Waals surface area contributed by atoms with E-state index in [4.69, 9.17) is 0 Å². The zero-order valence-electron chi connectivity index (χ0n) is 20.8. The molecular formula is C26H28F2N6O5. The molecule has 206 valence electrons. The third-order valence-electron chi connectivity index (χ3n) is 6.46. The van der Waals surface area contributed by atoms with Crippen LogP contribution >= 0.6 is 0 Å². The Morgan fingerprint density at radius 2 is 1.87 bits per heavy atom. The molecule has 1 aromatic heterocycles. The highest BCUT2D eigenvalue weighted by atomic mass is 19.3. The van der Waals surface area contributed by atoms with Crippen molar-refractivity contribution in [3.63, 3.8) is 0 Å². The van der Waals surface area contributed by atoms with E-state index >= 15 is 0 Å². The first-order valence-electron chi connectivity index (χ1n) is 12.4. The van der Waals surface area contributed by atoms with E-state index in [2.05, 4.69) is 26.1 Å². The number of aromatic nitrogens is 1. The molecule has 2 aliphatic heterocycles. The molecule has 1 saturated heterocycles. The fourth-order valence-corrected chi connectivity index (χ4v) is 4.43. The van der Waals surface area contributed by atoms with Gasteiger partial charge in [0.05, 0.1) is 12.6 Å². The molecule has 4 amide bonds. The van der Waals surface area contributed by atoms with E-state index in [0.717, 1.165) is 0 Å². The van der Waals surface area contributed by atoms with Crippen molar-refractivity contribution in [1.82, 2.24) is 25.9 Å². The van der Waals surface area contributed by atoms with Gasteiger partial charge in [0.25, 0.3) is 17.7 Å². The summed E-state index contributed by atoms with van der Waals surface area (Å²) in [5, 5.41) is 19.9. The molecule has 11 nitrogen and oxygen atoms in total. The molecule has 39 heavy (non-hydrogen) atoms. The number of carbonyl (C=O) groups excluding carboxylic acids is 4. The van der Waals surface area contributed by atoms with E-state index in [1.165, 1.54) is 6.20 Å². The Balaban J connectivity index is 1.51. The third-order valence-corrected chi connectivity index (χ3v) is 6.46. The monoisotopic (exact) mass is 542 g/mol. The van der Waals surface area contributed by atoms with Crippen LogP contribution in [0.3, 0.4) is 0 Å². The number of nitrogens with zero attached hydrogens (tertiary/aromatic N) is 3.